The third kappa shape index (κ3) is 2.19. The number of aliphatic carboxylic acids is 1. The zero-order valence-corrected chi connectivity index (χ0v) is 14.4. The third-order valence-electron chi connectivity index (χ3n) is 5.34. The Morgan fingerprint density at radius 2 is 2.24 bits per heavy atom. The largest absolute Gasteiger partial charge is 0.481 e. The molecule has 1 N–H and O–H groups in total. The van der Waals surface area contributed by atoms with Crippen LogP contribution in [-0.4, -0.2) is 34.7 Å². The molecule has 2 saturated heterocycles. The highest BCUT2D eigenvalue weighted by Crippen LogP contribution is 2.56. The summed E-state index contributed by atoms with van der Waals surface area (Å²) in [5, 5.41) is 10.2. The smallest absolute Gasteiger partial charge is 0.310 e. The summed E-state index contributed by atoms with van der Waals surface area (Å²) in [5.41, 5.74) is 0.628. The molecule has 0 unspecified atom stereocenters. The molecule has 2 bridgehead atoms. The standard InChI is InChI=1S/C19H18ClNO4/c1-10(2)8-14-19-7-6-13(25-19)15(18(23)24)16(19)17(22)21(14)12-5-3-4-11(20)9-12/h3-7,9,13-16H,1,8H2,2H3,(H,23,24)/t13-,14-,15+,16+,19+/m1/s1. The fourth-order valence-corrected chi connectivity index (χ4v) is 4.63. The predicted octanol–water partition coefficient (Wildman–Crippen LogP) is 3.05. The van der Waals surface area contributed by atoms with E-state index in [9.17, 15) is 14.7 Å². The van der Waals surface area contributed by atoms with Gasteiger partial charge in [0.2, 0.25) is 5.91 Å². The number of carbonyl (C=O) groups excluding carboxylic acids is 1. The summed E-state index contributed by atoms with van der Waals surface area (Å²) in [6, 6.07) is 6.69. The van der Waals surface area contributed by atoms with Crippen molar-refractivity contribution in [1.82, 2.24) is 0 Å². The molecule has 1 spiro atoms. The van der Waals surface area contributed by atoms with Gasteiger partial charge in [-0.2, -0.15) is 0 Å². The van der Waals surface area contributed by atoms with Crippen molar-refractivity contribution in [3.8, 4) is 0 Å². The van der Waals surface area contributed by atoms with Crippen molar-refractivity contribution in [3.63, 3.8) is 0 Å². The van der Waals surface area contributed by atoms with Crippen LogP contribution in [0.2, 0.25) is 5.02 Å². The normalized spacial score (nSPS) is 35.3. The second kappa shape index (κ2) is 5.44. The highest BCUT2D eigenvalue weighted by Gasteiger charge is 2.71. The molecule has 0 aromatic heterocycles. The Labute approximate surface area is 150 Å². The lowest BCUT2D eigenvalue weighted by atomic mass is 9.74. The van der Waals surface area contributed by atoms with E-state index in [1.165, 1.54) is 0 Å². The molecule has 3 aliphatic heterocycles. The molecule has 3 heterocycles. The van der Waals surface area contributed by atoms with E-state index in [-0.39, 0.29) is 11.9 Å². The van der Waals surface area contributed by atoms with E-state index in [0.717, 1.165) is 5.57 Å². The second-order valence-corrected chi connectivity index (χ2v) is 7.44. The Balaban J connectivity index is 1.85. The quantitative estimate of drug-likeness (QED) is 0.839. The van der Waals surface area contributed by atoms with Crippen molar-refractivity contribution < 1.29 is 19.4 Å². The lowest BCUT2D eigenvalue weighted by Gasteiger charge is -2.33. The average molecular weight is 360 g/mol. The number of benzene rings is 1. The van der Waals surface area contributed by atoms with Gasteiger partial charge in [0, 0.05) is 10.7 Å². The molecule has 4 rings (SSSR count). The molecule has 1 aromatic carbocycles. The lowest BCUT2D eigenvalue weighted by Crippen LogP contribution is -2.45. The highest BCUT2D eigenvalue weighted by atomic mass is 35.5. The number of carboxylic acids is 1. The molecule has 5 nitrogen and oxygen atoms in total. The minimum atomic E-state index is -1.00. The summed E-state index contributed by atoms with van der Waals surface area (Å²) in [4.78, 5) is 26.7. The highest BCUT2D eigenvalue weighted by molar-refractivity contribution is 6.31. The van der Waals surface area contributed by atoms with Crippen LogP contribution in [0.5, 0.6) is 0 Å². The molecule has 0 radical (unpaired) electrons. The van der Waals surface area contributed by atoms with Gasteiger partial charge in [0.1, 0.15) is 11.5 Å². The van der Waals surface area contributed by atoms with Gasteiger partial charge >= 0.3 is 5.97 Å². The number of rotatable bonds is 4. The number of amides is 1. The molecular weight excluding hydrogens is 342 g/mol. The van der Waals surface area contributed by atoms with Crippen LogP contribution in [0.15, 0.2) is 48.6 Å². The Bertz CT molecular complexity index is 819. The van der Waals surface area contributed by atoms with E-state index in [4.69, 9.17) is 16.3 Å². The molecule has 6 heteroatoms. The molecule has 0 aliphatic carbocycles. The van der Waals surface area contributed by atoms with Gasteiger partial charge in [-0.25, -0.2) is 0 Å². The maximum absolute atomic E-state index is 13.3. The monoisotopic (exact) mass is 359 g/mol. The number of anilines is 1. The molecule has 0 saturated carbocycles. The summed E-state index contributed by atoms with van der Waals surface area (Å²) >= 11 is 6.11. The van der Waals surface area contributed by atoms with Crippen molar-refractivity contribution in [3.05, 3.63) is 53.6 Å². The van der Waals surface area contributed by atoms with E-state index >= 15 is 0 Å². The Hall–Kier alpha value is -2.11. The van der Waals surface area contributed by atoms with Crippen molar-refractivity contribution in [1.29, 1.82) is 0 Å². The van der Waals surface area contributed by atoms with E-state index in [1.807, 2.05) is 13.0 Å². The number of carboxylic acid groups (broad SMARTS) is 1. The second-order valence-electron chi connectivity index (χ2n) is 7.00. The van der Waals surface area contributed by atoms with Crippen LogP contribution in [0, 0.1) is 11.8 Å². The third-order valence-corrected chi connectivity index (χ3v) is 5.57. The van der Waals surface area contributed by atoms with Crippen molar-refractivity contribution in [2.24, 2.45) is 11.8 Å². The first-order valence-corrected chi connectivity index (χ1v) is 8.56. The summed E-state index contributed by atoms with van der Waals surface area (Å²) in [6.45, 7) is 5.87. The van der Waals surface area contributed by atoms with Crippen molar-refractivity contribution in [2.45, 2.75) is 31.1 Å². The van der Waals surface area contributed by atoms with Gasteiger partial charge < -0.3 is 14.7 Å². The molecule has 3 aliphatic rings. The van der Waals surface area contributed by atoms with Gasteiger partial charge in [-0.05, 0) is 31.5 Å². The van der Waals surface area contributed by atoms with Gasteiger partial charge in [-0.15, -0.1) is 6.58 Å². The van der Waals surface area contributed by atoms with Gasteiger partial charge in [-0.3, -0.25) is 9.59 Å². The van der Waals surface area contributed by atoms with E-state index in [1.54, 1.807) is 35.2 Å². The van der Waals surface area contributed by atoms with Gasteiger partial charge in [-0.1, -0.05) is 35.4 Å². The van der Waals surface area contributed by atoms with E-state index < -0.39 is 29.5 Å². The van der Waals surface area contributed by atoms with E-state index in [2.05, 4.69) is 6.58 Å². The van der Waals surface area contributed by atoms with Gasteiger partial charge in [0.05, 0.1) is 18.1 Å². The van der Waals surface area contributed by atoms with Crippen LogP contribution in [-0.2, 0) is 14.3 Å². The summed E-state index contributed by atoms with van der Waals surface area (Å²) in [5.74, 6) is -2.83. The SMILES string of the molecule is C=C(C)C[C@H]1N(c2cccc(Cl)c2)C(=O)[C@@H]2[C@@H](C(=O)O)[C@H]3C=C[C@@]21O3. The van der Waals surface area contributed by atoms with Gasteiger partial charge in [0.25, 0.3) is 0 Å². The van der Waals surface area contributed by atoms with Crippen LogP contribution in [0.3, 0.4) is 0 Å². The summed E-state index contributed by atoms with van der Waals surface area (Å²) in [7, 11) is 0. The molecule has 5 atom stereocenters. The van der Waals surface area contributed by atoms with Gasteiger partial charge in [0.15, 0.2) is 0 Å². The Kier molecular flexibility index (Phi) is 3.56. The summed E-state index contributed by atoms with van der Waals surface area (Å²) < 4.78 is 6.10. The maximum Gasteiger partial charge on any atom is 0.310 e. The van der Waals surface area contributed by atoms with Crippen molar-refractivity contribution in [2.75, 3.05) is 4.90 Å². The van der Waals surface area contributed by atoms with E-state index in [0.29, 0.717) is 17.1 Å². The van der Waals surface area contributed by atoms with Crippen LogP contribution in [0.1, 0.15) is 13.3 Å². The van der Waals surface area contributed by atoms with Crippen LogP contribution < -0.4 is 4.90 Å². The lowest BCUT2D eigenvalue weighted by molar-refractivity contribution is -0.146. The first-order chi connectivity index (χ1) is 11.8. The fraction of sp³-hybridized carbons (Fsp3) is 0.368. The number of hydrogen-bond acceptors (Lipinski definition) is 3. The van der Waals surface area contributed by atoms with Crippen LogP contribution >= 0.6 is 11.6 Å². The zero-order chi connectivity index (χ0) is 17.9. The molecular formula is C19H18ClNO4. The van der Waals surface area contributed by atoms with Crippen molar-refractivity contribution >= 4 is 29.2 Å². The topological polar surface area (TPSA) is 66.8 Å². The summed E-state index contributed by atoms with van der Waals surface area (Å²) in [6.07, 6.45) is 3.62. The number of carbonyl (C=O) groups is 2. The number of fused-ring (bicyclic) bond motifs is 1. The Morgan fingerprint density at radius 1 is 1.48 bits per heavy atom. The fourth-order valence-electron chi connectivity index (χ4n) is 4.45. The minimum Gasteiger partial charge on any atom is -0.481 e. The predicted molar refractivity (Wildman–Crippen MR) is 93.5 cm³/mol. The number of nitrogens with zero attached hydrogens (tertiary/aromatic N) is 1. The molecule has 1 amide bonds. The van der Waals surface area contributed by atoms with Crippen LogP contribution in [0.25, 0.3) is 0 Å². The molecule has 2 fully saturated rings. The van der Waals surface area contributed by atoms with Crippen LogP contribution in [0.4, 0.5) is 5.69 Å². The number of hydrogen-bond donors (Lipinski definition) is 1. The number of ether oxygens (including phenoxy) is 1. The number of halogens is 1. The average Bonchev–Trinajstić information content (AvgIpc) is 3.16. The molecule has 25 heavy (non-hydrogen) atoms. The minimum absolute atomic E-state index is 0.229. The first-order valence-electron chi connectivity index (χ1n) is 8.18. The Morgan fingerprint density at radius 3 is 2.88 bits per heavy atom. The zero-order valence-electron chi connectivity index (χ0n) is 13.7. The first kappa shape index (κ1) is 16.4. The molecule has 130 valence electrons. The maximum atomic E-state index is 13.3. The molecule has 1 aromatic rings.